The number of nitrogens with zero attached hydrogens (tertiary/aromatic N) is 3. The molecule has 0 atom stereocenters. The van der Waals surface area contributed by atoms with Gasteiger partial charge in [-0.3, -0.25) is 13.9 Å². The molecule has 3 aromatic rings. The molecule has 1 aliphatic heterocycles. The summed E-state index contributed by atoms with van der Waals surface area (Å²) in [6.45, 7) is 1.68. The molecule has 0 spiro atoms. The van der Waals surface area contributed by atoms with Crippen LogP contribution in [0.5, 0.6) is 0 Å². The maximum atomic E-state index is 13.6. The van der Waals surface area contributed by atoms with Crippen molar-refractivity contribution in [1.29, 1.82) is 0 Å². The standard InChI is InChI=1S/C20H25N5O2/c26-19-16-12-23-18-15(8-11-22-18)17(16)24(13-4-2-1-3-5-13)20(27)25(19)14-6-9-21-10-7-14/h8,11-14,21H,1-7,9-10H2,(H,22,23). The lowest BCUT2D eigenvalue weighted by Gasteiger charge is -2.29. The van der Waals surface area contributed by atoms with Gasteiger partial charge in [0.2, 0.25) is 0 Å². The van der Waals surface area contributed by atoms with E-state index in [1.54, 1.807) is 6.20 Å². The highest BCUT2D eigenvalue weighted by Gasteiger charge is 2.27. The number of hydrogen-bond acceptors (Lipinski definition) is 4. The summed E-state index contributed by atoms with van der Waals surface area (Å²) in [4.78, 5) is 34.5. The number of aromatic nitrogens is 4. The lowest BCUT2D eigenvalue weighted by atomic mass is 9.95. The highest BCUT2D eigenvalue weighted by molar-refractivity contribution is 6.01. The predicted molar refractivity (Wildman–Crippen MR) is 105 cm³/mol. The van der Waals surface area contributed by atoms with Crippen molar-refractivity contribution in [1.82, 2.24) is 24.4 Å². The first-order chi connectivity index (χ1) is 13.3. The minimum absolute atomic E-state index is 0.0348. The highest BCUT2D eigenvalue weighted by atomic mass is 16.2. The first-order valence-corrected chi connectivity index (χ1v) is 10.1. The Hall–Kier alpha value is -2.41. The van der Waals surface area contributed by atoms with Gasteiger partial charge in [-0.05, 0) is 44.8 Å². The predicted octanol–water partition coefficient (Wildman–Crippen LogP) is 2.47. The second kappa shape index (κ2) is 6.64. The molecule has 0 aromatic carbocycles. The van der Waals surface area contributed by atoms with Crippen molar-refractivity contribution in [3.8, 4) is 0 Å². The molecule has 0 radical (unpaired) electrons. The fraction of sp³-hybridized carbons (Fsp3) is 0.550. The van der Waals surface area contributed by atoms with Gasteiger partial charge in [-0.15, -0.1) is 0 Å². The lowest BCUT2D eigenvalue weighted by molar-refractivity contribution is 0.314. The molecule has 7 heteroatoms. The molecule has 5 rings (SSSR count). The Bertz CT molecular complexity index is 1100. The Morgan fingerprint density at radius 3 is 2.44 bits per heavy atom. The van der Waals surface area contributed by atoms with E-state index in [2.05, 4.69) is 15.3 Å². The third-order valence-electron chi connectivity index (χ3n) is 6.27. The molecule has 142 valence electrons. The van der Waals surface area contributed by atoms with Crippen LogP contribution in [0.2, 0.25) is 0 Å². The van der Waals surface area contributed by atoms with Crippen LogP contribution in [0.1, 0.15) is 57.0 Å². The Balaban J connectivity index is 1.85. The zero-order valence-electron chi connectivity index (χ0n) is 15.4. The van der Waals surface area contributed by atoms with Crippen LogP contribution in [0.4, 0.5) is 0 Å². The van der Waals surface area contributed by atoms with Crippen LogP contribution < -0.4 is 16.6 Å². The van der Waals surface area contributed by atoms with E-state index in [9.17, 15) is 9.59 Å². The van der Waals surface area contributed by atoms with Crippen LogP contribution in [-0.2, 0) is 0 Å². The van der Waals surface area contributed by atoms with Crippen molar-refractivity contribution in [2.75, 3.05) is 13.1 Å². The van der Waals surface area contributed by atoms with Gasteiger partial charge in [-0.2, -0.15) is 0 Å². The highest BCUT2D eigenvalue weighted by Crippen LogP contribution is 2.31. The van der Waals surface area contributed by atoms with Crippen LogP contribution in [0.3, 0.4) is 0 Å². The molecule has 2 fully saturated rings. The largest absolute Gasteiger partial charge is 0.346 e. The van der Waals surface area contributed by atoms with Gasteiger partial charge in [0.1, 0.15) is 5.65 Å². The second-order valence-corrected chi connectivity index (χ2v) is 7.86. The quantitative estimate of drug-likeness (QED) is 0.729. The van der Waals surface area contributed by atoms with Crippen LogP contribution in [0.25, 0.3) is 21.9 Å². The molecule has 2 N–H and O–H groups in total. The van der Waals surface area contributed by atoms with Gasteiger partial charge in [-0.1, -0.05) is 19.3 Å². The van der Waals surface area contributed by atoms with Gasteiger partial charge in [0.05, 0.1) is 10.9 Å². The Morgan fingerprint density at radius 1 is 0.926 bits per heavy atom. The van der Waals surface area contributed by atoms with E-state index >= 15 is 0 Å². The minimum atomic E-state index is -0.190. The van der Waals surface area contributed by atoms with E-state index in [1.165, 1.54) is 11.0 Å². The SMILES string of the molecule is O=c1c2cnc3[nH]ccc3c2n(C2CCCCC2)c(=O)n1C1CCNCC1. The van der Waals surface area contributed by atoms with E-state index in [0.717, 1.165) is 68.2 Å². The first kappa shape index (κ1) is 16.7. The average Bonchev–Trinajstić information content (AvgIpc) is 3.19. The zero-order chi connectivity index (χ0) is 18.4. The molecule has 4 heterocycles. The van der Waals surface area contributed by atoms with Gasteiger partial charge >= 0.3 is 5.69 Å². The van der Waals surface area contributed by atoms with Crippen LogP contribution in [-0.4, -0.2) is 32.2 Å². The van der Waals surface area contributed by atoms with Gasteiger partial charge < -0.3 is 10.3 Å². The van der Waals surface area contributed by atoms with Crippen LogP contribution in [0, 0.1) is 0 Å². The van der Waals surface area contributed by atoms with Crippen molar-refractivity contribution < 1.29 is 0 Å². The maximum absolute atomic E-state index is 13.6. The van der Waals surface area contributed by atoms with Gasteiger partial charge in [0.15, 0.2) is 0 Å². The summed E-state index contributed by atoms with van der Waals surface area (Å²) < 4.78 is 3.45. The minimum Gasteiger partial charge on any atom is -0.346 e. The Labute approximate surface area is 156 Å². The number of nitrogens with one attached hydrogen (secondary N) is 2. The van der Waals surface area contributed by atoms with E-state index in [1.807, 2.05) is 16.8 Å². The average molecular weight is 367 g/mol. The number of fused-ring (bicyclic) bond motifs is 3. The Morgan fingerprint density at radius 2 is 1.67 bits per heavy atom. The monoisotopic (exact) mass is 367 g/mol. The van der Waals surface area contributed by atoms with Crippen molar-refractivity contribution in [2.45, 2.75) is 57.0 Å². The van der Waals surface area contributed by atoms with E-state index < -0.39 is 0 Å². The molecule has 1 aliphatic carbocycles. The smallest absolute Gasteiger partial charge is 0.332 e. The number of aromatic amines is 1. The summed E-state index contributed by atoms with van der Waals surface area (Å²) in [5, 5.41) is 4.74. The van der Waals surface area contributed by atoms with E-state index in [-0.39, 0.29) is 23.3 Å². The third kappa shape index (κ3) is 2.64. The molecular weight excluding hydrogens is 342 g/mol. The van der Waals surface area contributed by atoms with Crippen molar-refractivity contribution >= 4 is 21.9 Å². The Kier molecular flexibility index (Phi) is 4.11. The summed E-state index contributed by atoms with van der Waals surface area (Å²) in [5.41, 5.74) is 1.16. The summed E-state index contributed by atoms with van der Waals surface area (Å²) >= 11 is 0. The van der Waals surface area contributed by atoms with Crippen molar-refractivity contribution in [2.24, 2.45) is 0 Å². The molecule has 0 bridgehead atoms. The van der Waals surface area contributed by atoms with Crippen LogP contribution >= 0.6 is 0 Å². The lowest BCUT2D eigenvalue weighted by Crippen LogP contribution is -2.46. The molecule has 2 aliphatic rings. The molecule has 27 heavy (non-hydrogen) atoms. The van der Waals surface area contributed by atoms with Gasteiger partial charge in [0.25, 0.3) is 5.56 Å². The van der Waals surface area contributed by atoms with E-state index in [4.69, 9.17) is 0 Å². The molecule has 1 saturated heterocycles. The second-order valence-electron chi connectivity index (χ2n) is 7.86. The van der Waals surface area contributed by atoms with Crippen molar-refractivity contribution in [3.05, 3.63) is 39.3 Å². The molecule has 3 aromatic heterocycles. The first-order valence-electron chi connectivity index (χ1n) is 10.1. The summed E-state index contributed by atoms with van der Waals surface area (Å²) in [6, 6.07) is 2.05. The summed E-state index contributed by atoms with van der Waals surface area (Å²) in [5.74, 6) is 0. The van der Waals surface area contributed by atoms with Gasteiger partial charge in [0, 0.05) is 29.9 Å². The number of pyridine rings is 1. The summed E-state index contributed by atoms with van der Waals surface area (Å²) in [7, 11) is 0. The number of piperidine rings is 1. The normalized spacial score (nSPS) is 19.9. The molecule has 0 amide bonds. The molecule has 1 saturated carbocycles. The fourth-order valence-corrected chi connectivity index (χ4v) is 4.90. The number of H-pyrrole nitrogens is 1. The third-order valence-corrected chi connectivity index (χ3v) is 6.27. The number of rotatable bonds is 2. The zero-order valence-corrected chi connectivity index (χ0v) is 15.4. The fourth-order valence-electron chi connectivity index (χ4n) is 4.90. The molecule has 0 unspecified atom stereocenters. The van der Waals surface area contributed by atoms with Gasteiger partial charge in [-0.25, -0.2) is 9.78 Å². The topological polar surface area (TPSA) is 84.7 Å². The van der Waals surface area contributed by atoms with Crippen LogP contribution in [0.15, 0.2) is 28.0 Å². The maximum Gasteiger partial charge on any atom is 0.332 e. The number of hydrogen-bond donors (Lipinski definition) is 2. The molecular formula is C20H25N5O2. The van der Waals surface area contributed by atoms with E-state index in [0.29, 0.717) is 5.39 Å². The summed E-state index contributed by atoms with van der Waals surface area (Å²) in [6.07, 6.45) is 10.6. The van der Waals surface area contributed by atoms with Crippen molar-refractivity contribution in [3.63, 3.8) is 0 Å². The molecule has 7 nitrogen and oxygen atoms in total.